The van der Waals surface area contributed by atoms with E-state index in [1.54, 1.807) is 114 Å². The highest BCUT2D eigenvalue weighted by atomic mass is 16.7. The van der Waals surface area contributed by atoms with Gasteiger partial charge in [0.1, 0.15) is 18.2 Å². The maximum Gasteiger partial charge on any atom is 0.338 e. The molecule has 0 radical (unpaired) electrons. The lowest BCUT2D eigenvalue weighted by molar-refractivity contribution is -0.0604. The van der Waals surface area contributed by atoms with E-state index in [4.69, 9.17) is 23.9 Å². The van der Waals surface area contributed by atoms with Crippen LogP contribution in [0.1, 0.15) is 60.9 Å². The molecule has 1 unspecified atom stereocenters. The molecule has 1 N–H and O–H groups in total. The number of carbonyl (C=O) groups excluding carboxylic acids is 3. The average Bonchev–Trinajstić information content (AvgIpc) is 3.91. The third-order valence-corrected chi connectivity index (χ3v) is 9.39. The SMILES string of the molecule is O=C(OC[C@H]1O[C@@H](n2cnc3c(N[C@H]4CCc5ccccc54)nccc32)C(OC(=O)c2ccccc2)[C@@H]1OC(=O)c1ccccc1)c1ccccc1. The zero-order valence-electron chi connectivity index (χ0n) is 27.9. The monoisotopic (exact) mass is 694 g/mol. The summed E-state index contributed by atoms with van der Waals surface area (Å²) in [5.41, 5.74) is 4.70. The van der Waals surface area contributed by atoms with Gasteiger partial charge in [0.25, 0.3) is 0 Å². The highest BCUT2D eigenvalue weighted by Gasteiger charge is 2.51. The fraction of sp³-hybridized carbons (Fsp3) is 0.195. The number of hydrogen-bond acceptors (Lipinski definition) is 10. The predicted molar refractivity (Wildman–Crippen MR) is 191 cm³/mol. The first-order valence-corrected chi connectivity index (χ1v) is 17.1. The number of fused-ring (bicyclic) bond motifs is 2. The Hall–Kier alpha value is -6.33. The van der Waals surface area contributed by atoms with Crippen LogP contribution in [-0.4, -0.2) is 57.4 Å². The minimum atomic E-state index is -1.18. The van der Waals surface area contributed by atoms with Crippen molar-refractivity contribution in [2.75, 3.05) is 11.9 Å². The molecule has 5 atom stereocenters. The van der Waals surface area contributed by atoms with E-state index < -0.39 is 42.4 Å². The molecule has 52 heavy (non-hydrogen) atoms. The molecule has 3 heterocycles. The van der Waals surface area contributed by atoms with Crippen LogP contribution < -0.4 is 5.32 Å². The zero-order chi connectivity index (χ0) is 35.4. The Balaban J connectivity index is 1.15. The number of anilines is 1. The number of rotatable bonds is 10. The molecule has 2 aromatic heterocycles. The number of aryl methyl sites for hydroxylation is 1. The molecular weight excluding hydrogens is 660 g/mol. The van der Waals surface area contributed by atoms with E-state index in [2.05, 4.69) is 22.4 Å². The predicted octanol–water partition coefficient (Wildman–Crippen LogP) is 6.74. The van der Waals surface area contributed by atoms with Gasteiger partial charge in [-0.05, 0) is 66.4 Å². The summed E-state index contributed by atoms with van der Waals surface area (Å²) in [6.45, 7) is -0.293. The molecule has 11 nitrogen and oxygen atoms in total. The number of carbonyl (C=O) groups is 3. The third-order valence-electron chi connectivity index (χ3n) is 9.39. The molecule has 0 saturated carbocycles. The third kappa shape index (κ3) is 6.61. The zero-order valence-corrected chi connectivity index (χ0v) is 27.9. The van der Waals surface area contributed by atoms with E-state index in [1.807, 2.05) is 12.1 Å². The number of nitrogens with one attached hydrogen (secondary N) is 1. The number of hydrogen-bond donors (Lipinski definition) is 1. The minimum absolute atomic E-state index is 0.0622. The second-order valence-electron chi connectivity index (χ2n) is 12.6. The Morgan fingerprint density at radius 3 is 1.98 bits per heavy atom. The Morgan fingerprint density at radius 2 is 1.31 bits per heavy atom. The second-order valence-corrected chi connectivity index (χ2v) is 12.6. The molecule has 0 amide bonds. The van der Waals surface area contributed by atoms with E-state index in [9.17, 15) is 14.4 Å². The van der Waals surface area contributed by atoms with Crippen molar-refractivity contribution < 1.29 is 33.3 Å². The first-order valence-electron chi connectivity index (χ1n) is 17.1. The summed E-state index contributed by atoms with van der Waals surface area (Å²) in [6, 6.07) is 35.7. The summed E-state index contributed by atoms with van der Waals surface area (Å²) >= 11 is 0. The Morgan fingerprint density at radius 1 is 0.712 bits per heavy atom. The number of benzene rings is 4. The van der Waals surface area contributed by atoms with Gasteiger partial charge in [-0.25, -0.2) is 24.4 Å². The van der Waals surface area contributed by atoms with Crippen molar-refractivity contribution in [1.29, 1.82) is 0 Å². The topological polar surface area (TPSA) is 131 Å². The van der Waals surface area contributed by atoms with E-state index in [-0.39, 0.29) is 12.6 Å². The van der Waals surface area contributed by atoms with E-state index in [0.29, 0.717) is 33.5 Å². The van der Waals surface area contributed by atoms with Crippen LogP contribution in [0.15, 0.2) is 134 Å². The van der Waals surface area contributed by atoms with Crippen LogP contribution in [0.2, 0.25) is 0 Å². The second kappa shape index (κ2) is 14.5. The van der Waals surface area contributed by atoms with Gasteiger partial charge in [-0.2, -0.15) is 0 Å². The van der Waals surface area contributed by atoms with Crippen LogP contribution in [0.4, 0.5) is 5.82 Å². The maximum atomic E-state index is 13.6. The number of pyridine rings is 1. The average molecular weight is 695 g/mol. The molecule has 1 aliphatic carbocycles. The molecule has 8 rings (SSSR count). The van der Waals surface area contributed by atoms with Gasteiger partial charge in [0.2, 0.25) is 0 Å². The number of aromatic nitrogens is 3. The lowest BCUT2D eigenvalue weighted by Gasteiger charge is -2.25. The van der Waals surface area contributed by atoms with Gasteiger partial charge >= 0.3 is 17.9 Å². The van der Waals surface area contributed by atoms with Crippen LogP contribution in [-0.2, 0) is 25.4 Å². The molecule has 1 fully saturated rings. The normalized spacial score (nSPS) is 20.6. The molecule has 260 valence electrons. The smallest absolute Gasteiger partial charge is 0.338 e. The largest absolute Gasteiger partial charge is 0.459 e. The molecule has 11 heteroatoms. The lowest BCUT2D eigenvalue weighted by Crippen LogP contribution is -2.41. The van der Waals surface area contributed by atoms with Gasteiger partial charge in [-0.15, -0.1) is 0 Å². The summed E-state index contributed by atoms with van der Waals surface area (Å²) in [5, 5.41) is 3.58. The van der Waals surface area contributed by atoms with Gasteiger partial charge in [0, 0.05) is 6.20 Å². The number of esters is 3. The molecule has 4 aromatic carbocycles. The standard InChI is InChI=1S/C41H34N4O7/c46-39(27-13-4-1-5-14-27)49-24-33-35(51-40(47)28-15-6-2-7-16-28)36(52-41(48)29-17-8-3-9-18-29)38(50-33)45-25-43-34-32(45)22-23-42-37(34)44-31-21-20-26-12-10-11-19-30(26)31/h1-19,22-23,25,31,33,35-36,38H,20-21,24H2,(H,42,44)/t31-,33+,35+,36?,38+/m0/s1. The van der Waals surface area contributed by atoms with Crippen LogP contribution >= 0.6 is 0 Å². The summed E-state index contributed by atoms with van der Waals surface area (Å²) < 4.78 is 26.3. The van der Waals surface area contributed by atoms with Crippen molar-refractivity contribution in [3.8, 4) is 0 Å². The molecule has 0 bridgehead atoms. The number of nitrogens with zero attached hydrogens (tertiary/aromatic N) is 3. The van der Waals surface area contributed by atoms with Crippen molar-refractivity contribution in [3.05, 3.63) is 162 Å². The summed E-state index contributed by atoms with van der Waals surface area (Å²) in [4.78, 5) is 49.6. The Labute approximate surface area is 299 Å². The van der Waals surface area contributed by atoms with Crippen molar-refractivity contribution in [1.82, 2.24) is 14.5 Å². The highest BCUT2D eigenvalue weighted by Crippen LogP contribution is 2.39. The van der Waals surface area contributed by atoms with Crippen LogP contribution in [0.25, 0.3) is 11.0 Å². The van der Waals surface area contributed by atoms with Crippen molar-refractivity contribution in [2.24, 2.45) is 0 Å². The minimum Gasteiger partial charge on any atom is -0.459 e. The van der Waals surface area contributed by atoms with Crippen molar-refractivity contribution >= 4 is 34.8 Å². The maximum absolute atomic E-state index is 13.6. The van der Waals surface area contributed by atoms with Crippen LogP contribution in [0, 0.1) is 0 Å². The molecule has 1 saturated heterocycles. The first kappa shape index (κ1) is 32.9. The van der Waals surface area contributed by atoms with Crippen LogP contribution in [0.5, 0.6) is 0 Å². The fourth-order valence-electron chi connectivity index (χ4n) is 6.82. The van der Waals surface area contributed by atoms with Gasteiger partial charge in [0.15, 0.2) is 24.3 Å². The molecular formula is C41H34N4O7. The Bertz CT molecular complexity index is 2210. The van der Waals surface area contributed by atoms with Gasteiger partial charge in [-0.1, -0.05) is 78.9 Å². The first-order chi connectivity index (χ1) is 25.5. The number of ether oxygens (including phenoxy) is 4. The number of imidazole rings is 1. The summed E-state index contributed by atoms with van der Waals surface area (Å²) in [6.07, 6.45) is 0.726. The van der Waals surface area contributed by atoms with Crippen molar-refractivity contribution in [2.45, 2.75) is 43.4 Å². The lowest BCUT2D eigenvalue weighted by atomic mass is 10.1. The summed E-state index contributed by atoms with van der Waals surface area (Å²) in [7, 11) is 0. The van der Waals surface area contributed by atoms with Gasteiger partial charge < -0.3 is 24.3 Å². The molecule has 1 aliphatic heterocycles. The van der Waals surface area contributed by atoms with Crippen LogP contribution in [0.3, 0.4) is 0 Å². The Kier molecular flexibility index (Phi) is 9.16. The fourth-order valence-corrected chi connectivity index (χ4v) is 6.82. The quantitative estimate of drug-likeness (QED) is 0.122. The molecule has 6 aromatic rings. The van der Waals surface area contributed by atoms with E-state index in [1.165, 1.54) is 11.1 Å². The van der Waals surface area contributed by atoms with Crippen molar-refractivity contribution in [3.63, 3.8) is 0 Å². The van der Waals surface area contributed by atoms with E-state index in [0.717, 1.165) is 12.8 Å². The van der Waals surface area contributed by atoms with Gasteiger partial charge in [0.05, 0.1) is 34.6 Å². The summed E-state index contributed by atoms with van der Waals surface area (Å²) in [5.74, 6) is -1.29. The highest BCUT2D eigenvalue weighted by molar-refractivity contribution is 5.91. The molecule has 2 aliphatic rings. The van der Waals surface area contributed by atoms with E-state index >= 15 is 0 Å². The van der Waals surface area contributed by atoms with Gasteiger partial charge in [-0.3, -0.25) is 4.57 Å². The molecule has 0 spiro atoms.